The van der Waals surface area contributed by atoms with E-state index in [1.807, 2.05) is 0 Å². The van der Waals surface area contributed by atoms with Crippen LogP contribution in [0.3, 0.4) is 0 Å². The van der Waals surface area contributed by atoms with Gasteiger partial charge in [-0.1, -0.05) is 26.2 Å². The van der Waals surface area contributed by atoms with Gasteiger partial charge in [0.2, 0.25) is 0 Å². The lowest BCUT2D eigenvalue weighted by Crippen LogP contribution is -2.42. The summed E-state index contributed by atoms with van der Waals surface area (Å²) in [5, 5.41) is 11.4. The minimum Gasteiger partial charge on any atom is -0.447 e. The van der Waals surface area contributed by atoms with Crippen molar-refractivity contribution >= 4 is 6.09 Å². The molecule has 0 bridgehead atoms. The van der Waals surface area contributed by atoms with Gasteiger partial charge in [0.25, 0.3) is 0 Å². The predicted molar refractivity (Wildman–Crippen MR) is 57.6 cm³/mol. The Morgan fingerprint density at radius 3 is 2.87 bits per heavy atom. The lowest BCUT2D eigenvalue weighted by Gasteiger charge is -2.31. The summed E-state index contributed by atoms with van der Waals surface area (Å²) in [4.78, 5) is 11.3. The van der Waals surface area contributed by atoms with Crippen LogP contribution >= 0.6 is 0 Å². The predicted octanol–water partition coefficient (Wildman–Crippen LogP) is 1.67. The molecule has 2 unspecified atom stereocenters. The number of hydrogen-bond donors (Lipinski definition) is 2. The summed E-state index contributed by atoms with van der Waals surface area (Å²) >= 11 is 0. The molecule has 88 valence electrons. The molecule has 0 aromatic rings. The zero-order valence-corrected chi connectivity index (χ0v) is 9.37. The highest BCUT2D eigenvalue weighted by Crippen LogP contribution is 2.26. The molecule has 1 aliphatic rings. The van der Waals surface area contributed by atoms with E-state index in [-0.39, 0.29) is 19.3 Å². The fourth-order valence-corrected chi connectivity index (χ4v) is 2.22. The average Bonchev–Trinajstić information content (AvgIpc) is 2.27. The van der Waals surface area contributed by atoms with E-state index < -0.39 is 6.09 Å². The van der Waals surface area contributed by atoms with E-state index in [2.05, 4.69) is 12.2 Å². The van der Waals surface area contributed by atoms with Gasteiger partial charge in [-0.2, -0.15) is 0 Å². The quantitative estimate of drug-likeness (QED) is 0.750. The Labute approximate surface area is 91.0 Å². The van der Waals surface area contributed by atoms with E-state index in [1.54, 1.807) is 0 Å². The number of carbonyl (C=O) groups excluding carboxylic acids is 1. The molecule has 1 saturated carbocycles. The van der Waals surface area contributed by atoms with E-state index in [1.165, 1.54) is 19.3 Å². The second-order valence-corrected chi connectivity index (χ2v) is 4.06. The molecule has 15 heavy (non-hydrogen) atoms. The van der Waals surface area contributed by atoms with Gasteiger partial charge in [-0.15, -0.1) is 0 Å². The van der Waals surface area contributed by atoms with E-state index in [0.29, 0.717) is 5.92 Å². The molecule has 1 aliphatic carbocycles. The summed E-state index contributed by atoms with van der Waals surface area (Å²) in [6.07, 6.45) is 5.40. The highest BCUT2D eigenvalue weighted by atomic mass is 16.6. The minimum absolute atomic E-state index is 0.0787. The first-order chi connectivity index (χ1) is 7.27. The highest BCUT2D eigenvalue weighted by molar-refractivity contribution is 5.67. The van der Waals surface area contributed by atoms with Crippen LogP contribution < -0.4 is 5.32 Å². The van der Waals surface area contributed by atoms with Crippen LogP contribution in [0.1, 0.15) is 39.0 Å². The van der Waals surface area contributed by atoms with Gasteiger partial charge in [0.1, 0.15) is 6.61 Å². The molecule has 2 atom stereocenters. The topological polar surface area (TPSA) is 58.6 Å². The zero-order valence-electron chi connectivity index (χ0n) is 9.37. The summed E-state index contributed by atoms with van der Waals surface area (Å²) in [6, 6.07) is 0.259. The van der Waals surface area contributed by atoms with Crippen molar-refractivity contribution in [1.29, 1.82) is 0 Å². The molecule has 2 N–H and O–H groups in total. The molecular weight excluding hydrogens is 194 g/mol. The van der Waals surface area contributed by atoms with Gasteiger partial charge in [0.05, 0.1) is 6.61 Å². The largest absolute Gasteiger partial charge is 0.447 e. The third-order valence-corrected chi connectivity index (χ3v) is 3.06. The van der Waals surface area contributed by atoms with E-state index >= 15 is 0 Å². The van der Waals surface area contributed by atoms with Crippen LogP contribution in [0.15, 0.2) is 0 Å². The molecule has 4 heteroatoms. The van der Waals surface area contributed by atoms with Gasteiger partial charge in [-0.25, -0.2) is 4.79 Å². The van der Waals surface area contributed by atoms with Gasteiger partial charge < -0.3 is 15.2 Å². The van der Waals surface area contributed by atoms with Crippen molar-refractivity contribution in [3.63, 3.8) is 0 Å². The van der Waals surface area contributed by atoms with Crippen LogP contribution in [0.25, 0.3) is 0 Å². The molecule has 4 nitrogen and oxygen atoms in total. The first kappa shape index (κ1) is 12.3. The third-order valence-electron chi connectivity index (χ3n) is 3.06. The molecule has 1 rings (SSSR count). The third kappa shape index (κ3) is 4.08. The van der Waals surface area contributed by atoms with Gasteiger partial charge in [0.15, 0.2) is 0 Å². The Bertz CT molecular complexity index is 196. The fourth-order valence-electron chi connectivity index (χ4n) is 2.22. The van der Waals surface area contributed by atoms with Crippen LogP contribution in [0.5, 0.6) is 0 Å². The molecule has 0 heterocycles. The van der Waals surface area contributed by atoms with Crippen molar-refractivity contribution in [3.8, 4) is 0 Å². The zero-order chi connectivity index (χ0) is 11.1. The van der Waals surface area contributed by atoms with Gasteiger partial charge >= 0.3 is 6.09 Å². The molecular formula is C11H21NO3. The van der Waals surface area contributed by atoms with Gasteiger partial charge in [0, 0.05) is 6.04 Å². The minimum atomic E-state index is -0.394. The summed E-state index contributed by atoms with van der Waals surface area (Å²) in [5.41, 5.74) is 0. The SMILES string of the molecule is CCC1CCCCC1NC(=O)OCCO. The van der Waals surface area contributed by atoms with Crippen LogP contribution in [-0.2, 0) is 4.74 Å². The second-order valence-electron chi connectivity index (χ2n) is 4.06. The van der Waals surface area contributed by atoms with Crippen LogP contribution in [-0.4, -0.2) is 30.5 Å². The monoisotopic (exact) mass is 215 g/mol. The van der Waals surface area contributed by atoms with E-state index in [9.17, 15) is 4.79 Å². The summed E-state index contributed by atoms with van der Waals surface area (Å²) in [7, 11) is 0. The smallest absolute Gasteiger partial charge is 0.407 e. The number of nitrogens with one attached hydrogen (secondary N) is 1. The Kier molecular flexibility index (Phi) is 5.47. The Balaban J connectivity index is 2.30. The van der Waals surface area contributed by atoms with Crippen LogP contribution in [0.2, 0.25) is 0 Å². The molecule has 0 saturated heterocycles. The van der Waals surface area contributed by atoms with Crippen molar-refractivity contribution in [3.05, 3.63) is 0 Å². The summed E-state index contributed by atoms with van der Waals surface area (Å²) in [6.45, 7) is 2.12. The fraction of sp³-hybridized carbons (Fsp3) is 0.909. The number of aliphatic hydroxyl groups excluding tert-OH is 1. The molecule has 1 amide bonds. The van der Waals surface area contributed by atoms with Gasteiger partial charge in [-0.3, -0.25) is 0 Å². The standard InChI is InChI=1S/C11H21NO3/c1-2-9-5-3-4-6-10(9)12-11(14)15-8-7-13/h9-10,13H,2-8H2,1H3,(H,12,14). The summed E-state index contributed by atoms with van der Waals surface area (Å²) < 4.78 is 4.79. The number of rotatable bonds is 4. The highest BCUT2D eigenvalue weighted by Gasteiger charge is 2.25. The van der Waals surface area contributed by atoms with E-state index in [0.717, 1.165) is 12.8 Å². The lowest BCUT2D eigenvalue weighted by atomic mass is 9.83. The van der Waals surface area contributed by atoms with E-state index in [4.69, 9.17) is 9.84 Å². The molecule has 0 aliphatic heterocycles. The summed E-state index contributed by atoms with van der Waals surface area (Å²) in [5.74, 6) is 0.584. The molecule has 0 aromatic heterocycles. The first-order valence-electron chi connectivity index (χ1n) is 5.82. The normalized spacial score (nSPS) is 26.0. The number of aliphatic hydroxyl groups is 1. The molecule has 0 spiro atoms. The van der Waals surface area contributed by atoms with Crippen molar-refractivity contribution in [1.82, 2.24) is 5.32 Å². The Morgan fingerprint density at radius 2 is 2.20 bits per heavy atom. The number of hydrogen-bond acceptors (Lipinski definition) is 3. The second kappa shape index (κ2) is 6.67. The number of carbonyl (C=O) groups is 1. The first-order valence-corrected chi connectivity index (χ1v) is 5.82. The number of ether oxygens (including phenoxy) is 1. The van der Waals surface area contributed by atoms with Crippen molar-refractivity contribution in [2.45, 2.75) is 45.1 Å². The van der Waals surface area contributed by atoms with Crippen molar-refractivity contribution in [2.24, 2.45) is 5.92 Å². The maximum Gasteiger partial charge on any atom is 0.407 e. The van der Waals surface area contributed by atoms with Gasteiger partial charge in [-0.05, 0) is 18.8 Å². The van der Waals surface area contributed by atoms with Crippen molar-refractivity contribution < 1.29 is 14.6 Å². The number of alkyl carbamates (subject to hydrolysis) is 1. The van der Waals surface area contributed by atoms with Crippen molar-refractivity contribution in [2.75, 3.05) is 13.2 Å². The Hall–Kier alpha value is -0.770. The Morgan fingerprint density at radius 1 is 1.47 bits per heavy atom. The maximum absolute atomic E-state index is 11.3. The molecule has 0 radical (unpaired) electrons. The average molecular weight is 215 g/mol. The molecule has 0 aromatic carbocycles. The number of amides is 1. The van der Waals surface area contributed by atoms with Crippen LogP contribution in [0, 0.1) is 5.92 Å². The van der Waals surface area contributed by atoms with Crippen LogP contribution in [0.4, 0.5) is 4.79 Å². The maximum atomic E-state index is 11.3. The molecule has 1 fully saturated rings. The lowest BCUT2D eigenvalue weighted by molar-refractivity contribution is 0.109.